The Labute approximate surface area is 213 Å². The molecule has 0 bridgehead atoms. The number of sulfonamides is 1. The van der Waals surface area contributed by atoms with Crippen LogP contribution in [-0.2, 0) is 32.6 Å². The van der Waals surface area contributed by atoms with Gasteiger partial charge in [0.1, 0.15) is 6.54 Å². The second-order valence-corrected chi connectivity index (χ2v) is 10.9. The highest BCUT2D eigenvalue weighted by Gasteiger charge is 2.27. The van der Waals surface area contributed by atoms with Crippen molar-refractivity contribution in [2.45, 2.75) is 31.8 Å². The Kier molecular flexibility index (Phi) is 8.40. The molecule has 36 heavy (non-hydrogen) atoms. The molecule has 3 aromatic rings. The number of amides is 1. The van der Waals surface area contributed by atoms with Crippen LogP contribution in [0.4, 0.5) is 5.69 Å². The first-order valence-electron chi connectivity index (χ1n) is 12.1. The molecule has 1 aliphatic rings. The predicted octanol–water partition coefficient (Wildman–Crippen LogP) is 3.65. The molecule has 0 aromatic heterocycles. The Morgan fingerprint density at radius 3 is 2.36 bits per heavy atom. The minimum absolute atomic E-state index is 0.145. The number of ether oxygens (including phenoxy) is 1. The van der Waals surface area contributed by atoms with Gasteiger partial charge < -0.3 is 10.1 Å². The lowest BCUT2D eigenvalue weighted by molar-refractivity contribution is -0.119. The molecule has 0 aliphatic carbocycles. The van der Waals surface area contributed by atoms with Gasteiger partial charge in [0.15, 0.2) is 0 Å². The molecule has 0 saturated carbocycles. The lowest BCUT2D eigenvalue weighted by Gasteiger charge is -2.26. The number of morpholine rings is 1. The van der Waals surface area contributed by atoms with Crippen LogP contribution in [-0.4, -0.2) is 52.1 Å². The Balaban J connectivity index is 1.47. The van der Waals surface area contributed by atoms with E-state index in [1.807, 2.05) is 32.0 Å². The first-order chi connectivity index (χ1) is 17.3. The van der Waals surface area contributed by atoms with Crippen molar-refractivity contribution in [2.75, 3.05) is 37.2 Å². The van der Waals surface area contributed by atoms with E-state index >= 15 is 0 Å². The van der Waals surface area contributed by atoms with E-state index in [9.17, 15) is 13.2 Å². The summed E-state index contributed by atoms with van der Waals surface area (Å²) < 4.78 is 33.6. The van der Waals surface area contributed by atoms with Gasteiger partial charge in [-0.15, -0.1) is 0 Å². The van der Waals surface area contributed by atoms with Crippen molar-refractivity contribution < 1.29 is 17.9 Å². The fourth-order valence-electron chi connectivity index (χ4n) is 4.16. The molecule has 1 fully saturated rings. The second-order valence-electron chi connectivity index (χ2n) is 9.08. The van der Waals surface area contributed by atoms with Gasteiger partial charge in [0, 0.05) is 26.2 Å². The average molecular weight is 508 g/mol. The van der Waals surface area contributed by atoms with Crippen LogP contribution in [0.5, 0.6) is 0 Å². The Morgan fingerprint density at radius 2 is 1.64 bits per heavy atom. The van der Waals surface area contributed by atoms with Gasteiger partial charge in [0.2, 0.25) is 5.91 Å². The maximum Gasteiger partial charge on any atom is 0.264 e. The van der Waals surface area contributed by atoms with E-state index in [4.69, 9.17) is 4.74 Å². The summed E-state index contributed by atoms with van der Waals surface area (Å²) in [6, 6.07) is 21.7. The maximum atomic E-state index is 13.5. The molecular weight excluding hydrogens is 474 g/mol. The van der Waals surface area contributed by atoms with Gasteiger partial charge in [-0.3, -0.25) is 14.0 Å². The zero-order valence-corrected chi connectivity index (χ0v) is 21.6. The van der Waals surface area contributed by atoms with Crippen LogP contribution in [0.15, 0.2) is 77.7 Å². The van der Waals surface area contributed by atoms with E-state index < -0.39 is 10.0 Å². The Bertz CT molecular complexity index is 1290. The third-order valence-corrected chi connectivity index (χ3v) is 8.18. The molecule has 1 saturated heterocycles. The van der Waals surface area contributed by atoms with E-state index in [1.54, 1.807) is 42.5 Å². The smallest absolute Gasteiger partial charge is 0.264 e. The van der Waals surface area contributed by atoms with Crippen LogP contribution in [0, 0.1) is 13.8 Å². The first kappa shape index (κ1) is 25.9. The summed E-state index contributed by atoms with van der Waals surface area (Å²) in [4.78, 5) is 15.5. The fraction of sp³-hybridized carbons (Fsp3) is 0.321. The first-order valence-corrected chi connectivity index (χ1v) is 13.6. The fourth-order valence-corrected chi connectivity index (χ4v) is 5.59. The molecule has 0 atom stereocenters. The highest BCUT2D eigenvalue weighted by molar-refractivity contribution is 7.92. The van der Waals surface area contributed by atoms with Gasteiger partial charge in [0.05, 0.1) is 23.8 Å². The Hall–Kier alpha value is -3.20. The zero-order valence-electron chi connectivity index (χ0n) is 20.8. The second kappa shape index (κ2) is 11.7. The van der Waals surface area contributed by atoms with Crippen molar-refractivity contribution >= 4 is 21.6 Å². The number of carbonyl (C=O) groups is 1. The maximum absolute atomic E-state index is 13.5. The lowest BCUT2D eigenvalue weighted by atomic mass is 10.1. The molecule has 8 heteroatoms. The van der Waals surface area contributed by atoms with Gasteiger partial charge in [-0.1, -0.05) is 48.5 Å². The number of benzene rings is 3. The molecular formula is C28H33N3O4S. The summed E-state index contributed by atoms with van der Waals surface area (Å²) in [5.74, 6) is -0.369. The van der Waals surface area contributed by atoms with Crippen molar-refractivity contribution in [2.24, 2.45) is 0 Å². The molecule has 0 unspecified atom stereocenters. The molecule has 4 rings (SSSR count). The van der Waals surface area contributed by atoms with Crippen molar-refractivity contribution in [3.63, 3.8) is 0 Å². The molecule has 1 N–H and O–H groups in total. The minimum Gasteiger partial charge on any atom is -0.379 e. The number of nitrogens with one attached hydrogen (secondary N) is 1. The molecule has 1 aliphatic heterocycles. The van der Waals surface area contributed by atoms with E-state index in [2.05, 4.69) is 22.3 Å². The van der Waals surface area contributed by atoms with Crippen LogP contribution in [0.2, 0.25) is 0 Å². The number of nitrogens with zero attached hydrogens (tertiary/aromatic N) is 2. The SMILES string of the molecule is Cc1ccc(N(CC(=O)NCc2cccc(CN3CCOCC3)c2)S(=O)(=O)c2ccccc2)cc1C. The van der Waals surface area contributed by atoms with E-state index in [1.165, 1.54) is 9.87 Å². The number of aryl methyl sites for hydroxylation is 2. The summed E-state index contributed by atoms with van der Waals surface area (Å²) in [6.07, 6.45) is 0. The van der Waals surface area contributed by atoms with Crippen molar-refractivity contribution in [3.8, 4) is 0 Å². The van der Waals surface area contributed by atoms with Crippen LogP contribution in [0.1, 0.15) is 22.3 Å². The van der Waals surface area contributed by atoms with Crippen LogP contribution in [0.25, 0.3) is 0 Å². The van der Waals surface area contributed by atoms with Gasteiger partial charge in [-0.2, -0.15) is 0 Å². The number of carbonyl (C=O) groups excluding carboxylic acids is 1. The lowest BCUT2D eigenvalue weighted by Crippen LogP contribution is -2.40. The quantitative estimate of drug-likeness (QED) is 0.478. The van der Waals surface area contributed by atoms with E-state index in [0.29, 0.717) is 12.2 Å². The summed E-state index contributed by atoms with van der Waals surface area (Å²) in [7, 11) is -3.93. The van der Waals surface area contributed by atoms with Crippen molar-refractivity contribution in [3.05, 3.63) is 95.1 Å². The monoisotopic (exact) mass is 507 g/mol. The van der Waals surface area contributed by atoms with Gasteiger partial charge in [0.25, 0.3) is 10.0 Å². The third-order valence-electron chi connectivity index (χ3n) is 6.39. The molecule has 3 aromatic carbocycles. The van der Waals surface area contributed by atoms with Crippen LogP contribution < -0.4 is 9.62 Å². The summed E-state index contributed by atoms with van der Waals surface area (Å²) >= 11 is 0. The molecule has 190 valence electrons. The minimum atomic E-state index is -3.93. The number of hydrogen-bond acceptors (Lipinski definition) is 5. The Morgan fingerprint density at radius 1 is 0.917 bits per heavy atom. The van der Waals surface area contributed by atoms with Gasteiger partial charge in [-0.05, 0) is 60.4 Å². The average Bonchev–Trinajstić information content (AvgIpc) is 2.89. The molecule has 1 heterocycles. The van der Waals surface area contributed by atoms with Gasteiger partial charge in [-0.25, -0.2) is 8.42 Å². The number of hydrogen-bond donors (Lipinski definition) is 1. The van der Waals surface area contributed by atoms with E-state index in [0.717, 1.165) is 49.5 Å². The number of anilines is 1. The van der Waals surface area contributed by atoms with E-state index in [-0.39, 0.29) is 17.3 Å². The van der Waals surface area contributed by atoms with Crippen LogP contribution >= 0.6 is 0 Å². The largest absolute Gasteiger partial charge is 0.379 e. The molecule has 0 radical (unpaired) electrons. The van der Waals surface area contributed by atoms with Crippen molar-refractivity contribution in [1.29, 1.82) is 0 Å². The topological polar surface area (TPSA) is 79.0 Å². The van der Waals surface area contributed by atoms with Crippen molar-refractivity contribution in [1.82, 2.24) is 10.2 Å². The molecule has 7 nitrogen and oxygen atoms in total. The normalized spacial score (nSPS) is 14.4. The predicted molar refractivity (Wildman–Crippen MR) is 141 cm³/mol. The summed E-state index contributed by atoms with van der Waals surface area (Å²) in [5.41, 5.74) is 4.62. The highest BCUT2D eigenvalue weighted by Crippen LogP contribution is 2.25. The highest BCUT2D eigenvalue weighted by atomic mass is 32.2. The summed E-state index contributed by atoms with van der Waals surface area (Å²) in [6.45, 7) is 8.05. The third kappa shape index (κ3) is 6.51. The van der Waals surface area contributed by atoms with Gasteiger partial charge >= 0.3 is 0 Å². The standard InChI is InChI=1S/C28H33N3O4S/c1-22-11-12-26(17-23(22)2)31(36(33,34)27-9-4-3-5-10-27)21-28(32)29-19-24-7-6-8-25(18-24)20-30-13-15-35-16-14-30/h3-12,17-18H,13-16,19-21H2,1-2H3,(H,29,32). The zero-order chi connectivity index (χ0) is 25.5. The summed E-state index contributed by atoms with van der Waals surface area (Å²) in [5, 5.41) is 2.90. The van der Waals surface area contributed by atoms with Crippen LogP contribution in [0.3, 0.4) is 0 Å². The molecule has 0 spiro atoms. The number of rotatable bonds is 9. The molecule has 1 amide bonds.